The fraction of sp³-hybridized carbons (Fsp3) is 0.615. The van der Waals surface area contributed by atoms with Crippen LogP contribution in [0.3, 0.4) is 0 Å². The van der Waals surface area contributed by atoms with Gasteiger partial charge in [0.2, 0.25) is 0 Å². The fourth-order valence-electron chi connectivity index (χ4n) is 1.70. The van der Waals surface area contributed by atoms with E-state index in [9.17, 15) is 4.39 Å². The van der Waals surface area contributed by atoms with Crippen molar-refractivity contribution in [1.29, 1.82) is 0 Å². The number of hydrogen-bond acceptors (Lipinski definition) is 2. The van der Waals surface area contributed by atoms with Crippen LogP contribution in [0, 0.1) is 5.82 Å². The standard InChI is InChI=1S/C13H21FN2/c1-3-5-6-9-15-12(4-2)13-8-7-11(14)10-16-13/h7-8,10,12,15H,3-6,9H2,1-2H3. The lowest BCUT2D eigenvalue weighted by Gasteiger charge is -2.16. The molecule has 0 aliphatic rings. The smallest absolute Gasteiger partial charge is 0.141 e. The van der Waals surface area contributed by atoms with Gasteiger partial charge in [0.15, 0.2) is 0 Å². The van der Waals surface area contributed by atoms with Crippen molar-refractivity contribution in [3.63, 3.8) is 0 Å². The van der Waals surface area contributed by atoms with Crippen LogP contribution < -0.4 is 5.32 Å². The van der Waals surface area contributed by atoms with Gasteiger partial charge in [-0.15, -0.1) is 0 Å². The number of nitrogens with one attached hydrogen (secondary N) is 1. The summed E-state index contributed by atoms with van der Waals surface area (Å²) in [6.07, 6.45) is 5.93. The average molecular weight is 224 g/mol. The Balaban J connectivity index is 2.44. The minimum Gasteiger partial charge on any atom is -0.309 e. The third-order valence-corrected chi connectivity index (χ3v) is 2.69. The molecule has 1 heterocycles. The minimum atomic E-state index is -0.274. The lowest BCUT2D eigenvalue weighted by Crippen LogP contribution is -2.22. The van der Waals surface area contributed by atoms with E-state index in [0.29, 0.717) is 0 Å². The van der Waals surface area contributed by atoms with Gasteiger partial charge >= 0.3 is 0 Å². The van der Waals surface area contributed by atoms with Crippen LogP contribution in [0.2, 0.25) is 0 Å². The molecule has 16 heavy (non-hydrogen) atoms. The molecule has 1 unspecified atom stereocenters. The number of nitrogens with zero attached hydrogens (tertiary/aromatic N) is 1. The minimum absolute atomic E-state index is 0.248. The highest BCUT2D eigenvalue weighted by Crippen LogP contribution is 2.14. The number of unbranched alkanes of at least 4 members (excludes halogenated alkanes) is 2. The van der Waals surface area contributed by atoms with Crippen LogP contribution in [-0.2, 0) is 0 Å². The summed E-state index contributed by atoms with van der Waals surface area (Å²) in [6.45, 7) is 5.31. The molecule has 0 aliphatic carbocycles. The SMILES string of the molecule is CCCCCNC(CC)c1ccc(F)cn1. The monoisotopic (exact) mass is 224 g/mol. The Hall–Kier alpha value is -0.960. The number of rotatable bonds is 7. The summed E-state index contributed by atoms with van der Waals surface area (Å²) in [6, 6.07) is 3.48. The molecule has 1 atom stereocenters. The van der Waals surface area contributed by atoms with E-state index in [4.69, 9.17) is 0 Å². The van der Waals surface area contributed by atoms with Crippen molar-refractivity contribution in [2.24, 2.45) is 0 Å². The van der Waals surface area contributed by atoms with E-state index >= 15 is 0 Å². The largest absolute Gasteiger partial charge is 0.309 e. The van der Waals surface area contributed by atoms with E-state index in [1.807, 2.05) is 0 Å². The molecule has 0 radical (unpaired) electrons. The highest BCUT2D eigenvalue weighted by molar-refractivity contribution is 5.09. The van der Waals surface area contributed by atoms with Gasteiger partial charge in [0.05, 0.1) is 11.9 Å². The van der Waals surface area contributed by atoms with Crippen LogP contribution in [-0.4, -0.2) is 11.5 Å². The highest BCUT2D eigenvalue weighted by atomic mass is 19.1. The molecule has 1 aromatic rings. The molecule has 1 N–H and O–H groups in total. The molecule has 1 rings (SSSR count). The van der Waals surface area contributed by atoms with Gasteiger partial charge in [0.1, 0.15) is 5.82 Å². The van der Waals surface area contributed by atoms with Crippen LogP contribution in [0.4, 0.5) is 4.39 Å². The molecule has 0 fully saturated rings. The first-order chi connectivity index (χ1) is 7.77. The van der Waals surface area contributed by atoms with Crippen molar-refractivity contribution in [3.8, 4) is 0 Å². The maximum absolute atomic E-state index is 12.7. The Morgan fingerprint density at radius 3 is 2.69 bits per heavy atom. The van der Waals surface area contributed by atoms with E-state index in [-0.39, 0.29) is 11.9 Å². The van der Waals surface area contributed by atoms with Crippen molar-refractivity contribution in [3.05, 3.63) is 29.8 Å². The maximum atomic E-state index is 12.7. The summed E-state index contributed by atoms with van der Waals surface area (Å²) in [5.41, 5.74) is 0.931. The van der Waals surface area contributed by atoms with Crippen LogP contribution in [0.1, 0.15) is 51.3 Å². The maximum Gasteiger partial charge on any atom is 0.141 e. The van der Waals surface area contributed by atoms with E-state index in [0.717, 1.165) is 18.7 Å². The summed E-state index contributed by atoms with van der Waals surface area (Å²) in [7, 11) is 0. The van der Waals surface area contributed by atoms with Gasteiger partial charge < -0.3 is 5.32 Å². The van der Waals surface area contributed by atoms with Crippen molar-refractivity contribution >= 4 is 0 Å². The van der Waals surface area contributed by atoms with Crippen molar-refractivity contribution in [2.45, 2.75) is 45.6 Å². The Morgan fingerprint density at radius 1 is 1.31 bits per heavy atom. The number of hydrogen-bond donors (Lipinski definition) is 1. The topological polar surface area (TPSA) is 24.9 Å². The highest BCUT2D eigenvalue weighted by Gasteiger charge is 2.09. The number of pyridine rings is 1. The van der Waals surface area contributed by atoms with Crippen LogP contribution in [0.25, 0.3) is 0 Å². The van der Waals surface area contributed by atoms with Gasteiger partial charge in [0, 0.05) is 6.04 Å². The zero-order valence-corrected chi connectivity index (χ0v) is 10.2. The summed E-state index contributed by atoms with van der Waals surface area (Å²) in [4.78, 5) is 4.11. The van der Waals surface area contributed by atoms with Gasteiger partial charge in [-0.1, -0.05) is 26.7 Å². The number of aromatic nitrogens is 1. The Kier molecular flexibility index (Phi) is 6.01. The van der Waals surface area contributed by atoms with Gasteiger partial charge in [0.25, 0.3) is 0 Å². The lowest BCUT2D eigenvalue weighted by atomic mass is 10.1. The first-order valence-electron chi connectivity index (χ1n) is 6.12. The third kappa shape index (κ3) is 4.27. The molecule has 0 aromatic carbocycles. The normalized spacial score (nSPS) is 12.7. The third-order valence-electron chi connectivity index (χ3n) is 2.69. The summed E-state index contributed by atoms with van der Waals surface area (Å²) in [5.74, 6) is -0.274. The molecule has 90 valence electrons. The second-order valence-corrected chi connectivity index (χ2v) is 4.02. The molecular formula is C13H21FN2. The molecule has 0 aliphatic heterocycles. The summed E-state index contributed by atoms with van der Waals surface area (Å²) in [5, 5.41) is 3.46. The molecule has 0 bridgehead atoms. The van der Waals surface area contributed by atoms with Crippen LogP contribution in [0.15, 0.2) is 18.3 Å². The first-order valence-corrected chi connectivity index (χ1v) is 6.12. The first kappa shape index (κ1) is 13.1. The number of halogens is 1. The Labute approximate surface area is 97.3 Å². The predicted molar refractivity (Wildman–Crippen MR) is 64.8 cm³/mol. The van der Waals surface area contributed by atoms with Gasteiger partial charge in [-0.2, -0.15) is 0 Å². The van der Waals surface area contributed by atoms with Gasteiger partial charge in [-0.05, 0) is 31.5 Å². The Bertz CT molecular complexity index is 284. The van der Waals surface area contributed by atoms with E-state index in [1.54, 1.807) is 6.07 Å². The Morgan fingerprint density at radius 2 is 2.12 bits per heavy atom. The molecule has 0 saturated carbocycles. The molecule has 0 saturated heterocycles. The van der Waals surface area contributed by atoms with Gasteiger partial charge in [-0.3, -0.25) is 4.98 Å². The van der Waals surface area contributed by atoms with Gasteiger partial charge in [-0.25, -0.2) is 4.39 Å². The van der Waals surface area contributed by atoms with E-state index < -0.39 is 0 Å². The van der Waals surface area contributed by atoms with Crippen molar-refractivity contribution in [1.82, 2.24) is 10.3 Å². The molecular weight excluding hydrogens is 203 g/mol. The predicted octanol–water partition coefficient (Wildman–Crippen LogP) is 3.45. The lowest BCUT2D eigenvalue weighted by molar-refractivity contribution is 0.490. The molecule has 1 aromatic heterocycles. The van der Waals surface area contributed by atoms with Crippen molar-refractivity contribution in [2.75, 3.05) is 6.54 Å². The average Bonchev–Trinajstić information content (AvgIpc) is 2.31. The second kappa shape index (κ2) is 7.34. The molecule has 3 heteroatoms. The van der Waals surface area contributed by atoms with E-state index in [1.165, 1.54) is 31.5 Å². The fourth-order valence-corrected chi connectivity index (χ4v) is 1.70. The molecule has 0 spiro atoms. The van der Waals surface area contributed by atoms with Crippen molar-refractivity contribution < 1.29 is 4.39 Å². The quantitative estimate of drug-likeness (QED) is 0.717. The summed E-state index contributed by atoms with van der Waals surface area (Å²) < 4.78 is 12.7. The molecule has 0 amide bonds. The van der Waals surface area contributed by atoms with E-state index in [2.05, 4.69) is 24.1 Å². The summed E-state index contributed by atoms with van der Waals surface area (Å²) >= 11 is 0. The second-order valence-electron chi connectivity index (χ2n) is 4.02. The zero-order chi connectivity index (χ0) is 11.8. The van der Waals surface area contributed by atoms with Crippen LogP contribution >= 0.6 is 0 Å². The van der Waals surface area contributed by atoms with Crippen LogP contribution in [0.5, 0.6) is 0 Å². The molecule has 2 nitrogen and oxygen atoms in total. The zero-order valence-electron chi connectivity index (χ0n) is 10.2.